The van der Waals surface area contributed by atoms with E-state index in [-0.39, 0.29) is 36.4 Å². The smallest absolute Gasteiger partial charge is 0.410 e. The number of likely N-dealkylation sites (tertiary alicyclic amines) is 1. The zero-order valence-corrected chi connectivity index (χ0v) is 18.6. The fourth-order valence-corrected chi connectivity index (χ4v) is 4.22. The normalized spacial score (nSPS) is 23.2. The number of amides is 2. The molecule has 2 amide bonds. The fraction of sp³-hybridized carbons (Fsp3) is 0.773. The Kier molecular flexibility index (Phi) is 6.58. The van der Waals surface area contributed by atoms with Gasteiger partial charge in [0.25, 0.3) is 0 Å². The molecule has 1 unspecified atom stereocenters. The Bertz CT molecular complexity index is 781. The molecule has 1 spiro atoms. The average Bonchev–Trinajstić information content (AvgIpc) is 3.40. The minimum Gasteiger partial charge on any atom is -0.460 e. The van der Waals surface area contributed by atoms with Crippen LogP contribution in [0.25, 0.3) is 0 Å². The second-order valence-electron chi connectivity index (χ2n) is 9.68. The molecule has 0 saturated carbocycles. The Morgan fingerprint density at radius 1 is 1.29 bits per heavy atom. The second-order valence-corrected chi connectivity index (χ2v) is 9.68. The van der Waals surface area contributed by atoms with E-state index in [0.717, 1.165) is 0 Å². The maximum atomic E-state index is 12.3. The number of ether oxygens (including phenoxy) is 2. The molecule has 3 aliphatic heterocycles. The van der Waals surface area contributed by atoms with Crippen LogP contribution in [0.5, 0.6) is 0 Å². The lowest BCUT2D eigenvalue weighted by molar-refractivity contribution is -0.142. The summed E-state index contributed by atoms with van der Waals surface area (Å²) < 4.78 is 11.0. The number of nitrogens with one attached hydrogen (secondary N) is 1. The van der Waals surface area contributed by atoms with Crippen molar-refractivity contribution in [1.82, 2.24) is 10.2 Å². The van der Waals surface area contributed by atoms with Gasteiger partial charge >= 0.3 is 12.1 Å². The van der Waals surface area contributed by atoms with Gasteiger partial charge in [0.1, 0.15) is 11.7 Å². The quantitative estimate of drug-likeness (QED) is 0.491. The number of rotatable bonds is 7. The van der Waals surface area contributed by atoms with Gasteiger partial charge in [-0.15, -0.1) is 12.3 Å². The Morgan fingerprint density at radius 2 is 1.97 bits per heavy atom. The summed E-state index contributed by atoms with van der Waals surface area (Å²) in [6.45, 7) is 6.76. The lowest BCUT2D eigenvalue weighted by Crippen LogP contribution is -2.50. The topological polar surface area (TPSA) is 110 Å². The summed E-state index contributed by atoms with van der Waals surface area (Å²) in [5.74, 6) is 2.19. The number of carbonyl (C=O) groups is 3. The molecule has 0 aromatic rings. The second kappa shape index (κ2) is 8.85. The van der Waals surface area contributed by atoms with Crippen LogP contribution in [0.2, 0.25) is 0 Å². The number of hydrogen-bond donors (Lipinski definition) is 1. The molecule has 0 bridgehead atoms. The Labute approximate surface area is 183 Å². The summed E-state index contributed by atoms with van der Waals surface area (Å²) in [7, 11) is 0. The van der Waals surface area contributed by atoms with Crippen LogP contribution < -0.4 is 5.32 Å². The Balaban J connectivity index is 1.47. The minimum atomic E-state index is -0.550. The van der Waals surface area contributed by atoms with Gasteiger partial charge in [-0.3, -0.25) is 9.59 Å². The molecule has 170 valence electrons. The van der Waals surface area contributed by atoms with Gasteiger partial charge in [0, 0.05) is 44.2 Å². The first kappa shape index (κ1) is 23.0. The zero-order valence-electron chi connectivity index (χ0n) is 18.6. The summed E-state index contributed by atoms with van der Waals surface area (Å²) in [4.78, 5) is 38.4. The first-order chi connectivity index (χ1) is 14.6. The number of carbonyl (C=O) groups excluding carboxylic acids is 3. The maximum Gasteiger partial charge on any atom is 0.410 e. The summed E-state index contributed by atoms with van der Waals surface area (Å²) in [5.41, 5.74) is -1.40. The van der Waals surface area contributed by atoms with Crippen molar-refractivity contribution in [3.63, 3.8) is 0 Å². The standard InChI is InChI=1S/C22H32N4O5/c1-5-6-8-22(24-25-22)9-7-17(27)23-15-16-21(14-18(28)30-16)10-12-26(13-11-21)19(29)31-20(2,3)4/h1,16H,6-15H2,2-4H3,(H,23,27). The summed E-state index contributed by atoms with van der Waals surface area (Å²) in [6, 6.07) is 0. The van der Waals surface area contributed by atoms with Crippen LogP contribution in [0, 0.1) is 17.8 Å². The highest BCUT2D eigenvalue weighted by Gasteiger charge is 2.51. The minimum absolute atomic E-state index is 0.123. The van der Waals surface area contributed by atoms with Gasteiger partial charge < -0.3 is 19.7 Å². The molecule has 0 aromatic heterocycles. The molecular formula is C22H32N4O5. The molecule has 3 aliphatic rings. The number of hydrogen-bond acceptors (Lipinski definition) is 7. The first-order valence-corrected chi connectivity index (χ1v) is 10.9. The molecule has 2 saturated heterocycles. The van der Waals surface area contributed by atoms with E-state index in [9.17, 15) is 14.4 Å². The van der Waals surface area contributed by atoms with E-state index >= 15 is 0 Å². The lowest BCUT2D eigenvalue weighted by Gasteiger charge is -2.41. The van der Waals surface area contributed by atoms with Crippen LogP contribution in [0.1, 0.15) is 65.7 Å². The number of esters is 1. The van der Waals surface area contributed by atoms with Crippen molar-refractivity contribution in [2.45, 2.75) is 83.1 Å². The van der Waals surface area contributed by atoms with Gasteiger partial charge in [-0.25, -0.2) is 4.79 Å². The zero-order chi connectivity index (χ0) is 22.7. The van der Waals surface area contributed by atoms with E-state index in [1.165, 1.54) is 0 Å². The maximum absolute atomic E-state index is 12.3. The Morgan fingerprint density at radius 3 is 2.55 bits per heavy atom. The van der Waals surface area contributed by atoms with Crippen molar-refractivity contribution < 1.29 is 23.9 Å². The van der Waals surface area contributed by atoms with E-state index in [4.69, 9.17) is 15.9 Å². The summed E-state index contributed by atoms with van der Waals surface area (Å²) in [5, 5.41) is 11.0. The third-order valence-electron chi connectivity index (χ3n) is 6.15. The third-order valence-corrected chi connectivity index (χ3v) is 6.15. The van der Waals surface area contributed by atoms with Gasteiger partial charge in [0.2, 0.25) is 5.91 Å². The molecule has 9 nitrogen and oxygen atoms in total. The number of cyclic esters (lactones) is 1. The Hall–Kier alpha value is -2.63. The molecule has 0 aliphatic carbocycles. The third kappa shape index (κ3) is 5.96. The van der Waals surface area contributed by atoms with Crippen molar-refractivity contribution in [3.8, 4) is 12.3 Å². The largest absolute Gasteiger partial charge is 0.460 e. The summed E-state index contributed by atoms with van der Waals surface area (Å²) >= 11 is 0. The highest BCUT2D eigenvalue weighted by molar-refractivity contribution is 5.77. The van der Waals surface area contributed by atoms with E-state index in [1.807, 2.05) is 20.8 Å². The van der Waals surface area contributed by atoms with Crippen molar-refractivity contribution in [2.75, 3.05) is 19.6 Å². The van der Waals surface area contributed by atoms with Crippen molar-refractivity contribution in [3.05, 3.63) is 0 Å². The van der Waals surface area contributed by atoms with Crippen LogP contribution in [-0.2, 0) is 19.1 Å². The van der Waals surface area contributed by atoms with Gasteiger partial charge in [-0.05, 0) is 33.6 Å². The highest BCUT2D eigenvalue weighted by Crippen LogP contribution is 2.44. The molecular weight excluding hydrogens is 400 g/mol. The number of nitrogens with zero attached hydrogens (tertiary/aromatic N) is 3. The number of piperidine rings is 1. The van der Waals surface area contributed by atoms with E-state index in [1.54, 1.807) is 4.90 Å². The molecule has 1 atom stereocenters. The van der Waals surface area contributed by atoms with Gasteiger partial charge in [0.05, 0.1) is 13.0 Å². The van der Waals surface area contributed by atoms with Crippen molar-refractivity contribution >= 4 is 18.0 Å². The predicted molar refractivity (Wildman–Crippen MR) is 112 cm³/mol. The van der Waals surface area contributed by atoms with E-state index < -0.39 is 17.4 Å². The van der Waals surface area contributed by atoms with Gasteiger partial charge in [-0.1, -0.05) is 0 Å². The van der Waals surface area contributed by atoms with E-state index in [0.29, 0.717) is 51.6 Å². The van der Waals surface area contributed by atoms with Gasteiger partial charge in [-0.2, -0.15) is 10.2 Å². The highest BCUT2D eigenvalue weighted by atomic mass is 16.6. The molecule has 31 heavy (non-hydrogen) atoms. The lowest BCUT2D eigenvalue weighted by atomic mass is 9.73. The number of terminal acetylenes is 1. The molecule has 0 radical (unpaired) electrons. The molecule has 0 aromatic carbocycles. The predicted octanol–water partition coefficient (Wildman–Crippen LogP) is 2.79. The SMILES string of the molecule is C#CCCC1(CCC(=O)NCC2OC(=O)CC23CCN(C(=O)OC(C)(C)C)CC3)N=N1. The van der Waals surface area contributed by atoms with Crippen LogP contribution in [0.4, 0.5) is 4.79 Å². The van der Waals surface area contributed by atoms with Crippen LogP contribution in [-0.4, -0.2) is 59.9 Å². The molecule has 9 heteroatoms. The van der Waals surface area contributed by atoms with E-state index in [2.05, 4.69) is 21.5 Å². The van der Waals surface area contributed by atoms with Crippen molar-refractivity contribution in [2.24, 2.45) is 15.6 Å². The molecule has 1 N–H and O–H groups in total. The molecule has 2 fully saturated rings. The van der Waals surface area contributed by atoms with Crippen molar-refractivity contribution in [1.29, 1.82) is 0 Å². The van der Waals surface area contributed by atoms with Crippen LogP contribution >= 0.6 is 0 Å². The molecule has 3 rings (SSSR count). The van der Waals surface area contributed by atoms with Crippen LogP contribution in [0.15, 0.2) is 10.2 Å². The summed E-state index contributed by atoms with van der Waals surface area (Å²) in [6.07, 6.45) is 8.18. The van der Waals surface area contributed by atoms with Gasteiger partial charge in [0.15, 0.2) is 5.66 Å². The average molecular weight is 433 g/mol. The monoisotopic (exact) mass is 432 g/mol. The van der Waals surface area contributed by atoms with Crippen LogP contribution in [0.3, 0.4) is 0 Å². The first-order valence-electron chi connectivity index (χ1n) is 10.9. The fourth-order valence-electron chi connectivity index (χ4n) is 4.22. The molecule has 3 heterocycles.